The number of hydrogen-bond donors (Lipinski definition) is 1. The molecule has 20 heavy (non-hydrogen) atoms. The van der Waals surface area contributed by atoms with E-state index in [1.54, 1.807) is 0 Å². The number of benzene rings is 1. The molecule has 1 fully saturated rings. The lowest BCUT2D eigenvalue weighted by Crippen LogP contribution is -2.39. The average molecular weight is 270 g/mol. The molecule has 0 unspecified atom stereocenters. The van der Waals surface area contributed by atoms with Crippen molar-refractivity contribution < 1.29 is 4.52 Å². The topological polar surface area (TPSA) is 38.1 Å². The highest BCUT2D eigenvalue weighted by Crippen LogP contribution is 2.37. The minimum absolute atomic E-state index is 0.620. The molecule has 0 bridgehead atoms. The van der Waals surface area contributed by atoms with Crippen LogP contribution in [0.4, 0.5) is 0 Å². The van der Waals surface area contributed by atoms with Crippen molar-refractivity contribution in [2.75, 3.05) is 0 Å². The van der Waals surface area contributed by atoms with Gasteiger partial charge in [-0.05, 0) is 45.1 Å². The van der Waals surface area contributed by atoms with Gasteiger partial charge in [0.15, 0.2) is 0 Å². The fourth-order valence-electron chi connectivity index (χ4n) is 2.98. The molecule has 2 aromatic rings. The Hall–Kier alpha value is -1.61. The van der Waals surface area contributed by atoms with Gasteiger partial charge in [0.1, 0.15) is 5.76 Å². The largest absolute Gasteiger partial charge is 0.361 e. The fourth-order valence-corrected chi connectivity index (χ4v) is 2.98. The van der Waals surface area contributed by atoms with Crippen LogP contribution in [-0.2, 0) is 6.54 Å². The van der Waals surface area contributed by atoms with Crippen LogP contribution in [0.2, 0.25) is 0 Å². The SMILES string of the molecule is Cc1cccc(C2CC(NCc3c(C)noc3C)C2)c1. The second-order valence-corrected chi connectivity index (χ2v) is 5.96. The molecule has 0 aliphatic heterocycles. The van der Waals surface area contributed by atoms with Crippen molar-refractivity contribution in [2.45, 2.75) is 52.1 Å². The normalized spacial score (nSPS) is 21.8. The molecule has 1 aliphatic carbocycles. The first-order valence-electron chi connectivity index (χ1n) is 7.35. The Labute approximate surface area is 120 Å². The van der Waals surface area contributed by atoms with Gasteiger partial charge in [0.25, 0.3) is 0 Å². The minimum atomic E-state index is 0.620. The van der Waals surface area contributed by atoms with Crippen molar-refractivity contribution >= 4 is 0 Å². The average Bonchev–Trinajstić information content (AvgIpc) is 2.68. The molecule has 1 aromatic heterocycles. The highest BCUT2D eigenvalue weighted by atomic mass is 16.5. The molecule has 1 N–H and O–H groups in total. The van der Waals surface area contributed by atoms with Crippen molar-refractivity contribution in [3.8, 4) is 0 Å². The maximum atomic E-state index is 5.19. The predicted octanol–water partition coefficient (Wildman–Crippen LogP) is 3.64. The van der Waals surface area contributed by atoms with E-state index >= 15 is 0 Å². The zero-order chi connectivity index (χ0) is 14.1. The Balaban J connectivity index is 1.52. The summed E-state index contributed by atoms with van der Waals surface area (Å²) in [4.78, 5) is 0. The van der Waals surface area contributed by atoms with E-state index in [2.05, 4.69) is 41.7 Å². The molecule has 0 spiro atoms. The molecule has 0 amide bonds. The van der Waals surface area contributed by atoms with Crippen molar-refractivity contribution in [1.82, 2.24) is 10.5 Å². The van der Waals surface area contributed by atoms with E-state index in [9.17, 15) is 0 Å². The Morgan fingerprint density at radius 3 is 2.70 bits per heavy atom. The van der Waals surface area contributed by atoms with Crippen LogP contribution in [0.15, 0.2) is 28.8 Å². The summed E-state index contributed by atoms with van der Waals surface area (Å²) >= 11 is 0. The molecule has 1 heterocycles. The molecule has 1 aromatic carbocycles. The quantitative estimate of drug-likeness (QED) is 0.921. The number of rotatable bonds is 4. The second-order valence-electron chi connectivity index (χ2n) is 5.96. The highest BCUT2D eigenvalue weighted by Gasteiger charge is 2.30. The summed E-state index contributed by atoms with van der Waals surface area (Å²) in [6, 6.07) is 9.51. The van der Waals surface area contributed by atoms with Gasteiger partial charge >= 0.3 is 0 Å². The van der Waals surface area contributed by atoms with Crippen molar-refractivity contribution in [2.24, 2.45) is 0 Å². The molecule has 0 saturated heterocycles. The summed E-state index contributed by atoms with van der Waals surface area (Å²) in [5.41, 5.74) is 5.06. The van der Waals surface area contributed by atoms with Crippen LogP contribution < -0.4 is 5.32 Å². The maximum Gasteiger partial charge on any atom is 0.138 e. The van der Waals surface area contributed by atoms with Gasteiger partial charge in [-0.3, -0.25) is 0 Å². The molecule has 106 valence electrons. The second kappa shape index (κ2) is 5.41. The van der Waals surface area contributed by atoms with Crippen LogP contribution in [0.3, 0.4) is 0 Å². The molecule has 3 heteroatoms. The van der Waals surface area contributed by atoms with Gasteiger partial charge in [0.05, 0.1) is 5.69 Å². The zero-order valence-corrected chi connectivity index (χ0v) is 12.4. The van der Waals surface area contributed by atoms with E-state index in [0.717, 1.165) is 23.9 Å². The van der Waals surface area contributed by atoms with E-state index < -0.39 is 0 Å². The Morgan fingerprint density at radius 2 is 2.05 bits per heavy atom. The van der Waals surface area contributed by atoms with E-state index in [-0.39, 0.29) is 0 Å². The first kappa shape index (κ1) is 13.4. The Kier molecular flexibility index (Phi) is 3.62. The third kappa shape index (κ3) is 2.63. The summed E-state index contributed by atoms with van der Waals surface area (Å²) in [5, 5.41) is 7.61. The molecule has 1 saturated carbocycles. The third-order valence-electron chi connectivity index (χ3n) is 4.40. The zero-order valence-electron chi connectivity index (χ0n) is 12.4. The van der Waals surface area contributed by atoms with Crippen molar-refractivity contribution in [3.05, 3.63) is 52.4 Å². The highest BCUT2D eigenvalue weighted by molar-refractivity contribution is 5.28. The third-order valence-corrected chi connectivity index (χ3v) is 4.40. The van der Waals surface area contributed by atoms with Gasteiger partial charge in [0.2, 0.25) is 0 Å². The molecular formula is C17H22N2O. The molecule has 3 nitrogen and oxygen atoms in total. The van der Waals surface area contributed by atoms with Gasteiger partial charge in [-0.2, -0.15) is 0 Å². The lowest BCUT2D eigenvalue weighted by molar-refractivity contribution is 0.288. The monoisotopic (exact) mass is 270 g/mol. The lowest BCUT2D eigenvalue weighted by Gasteiger charge is -2.36. The van der Waals surface area contributed by atoms with Crippen LogP contribution in [0, 0.1) is 20.8 Å². The molecule has 0 atom stereocenters. The lowest BCUT2D eigenvalue weighted by atomic mass is 9.75. The van der Waals surface area contributed by atoms with E-state index in [0.29, 0.717) is 6.04 Å². The number of nitrogens with zero attached hydrogens (tertiary/aromatic N) is 1. The van der Waals surface area contributed by atoms with Gasteiger partial charge in [0, 0.05) is 18.2 Å². The first-order valence-corrected chi connectivity index (χ1v) is 7.35. The summed E-state index contributed by atoms with van der Waals surface area (Å²) in [6.07, 6.45) is 2.46. The van der Waals surface area contributed by atoms with Crippen molar-refractivity contribution in [1.29, 1.82) is 0 Å². The molecule has 1 aliphatic rings. The van der Waals surface area contributed by atoms with Crippen LogP contribution in [0.5, 0.6) is 0 Å². The molecule has 3 rings (SSSR count). The molecular weight excluding hydrogens is 248 g/mol. The summed E-state index contributed by atoms with van der Waals surface area (Å²) in [5.74, 6) is 1.65. The van der Waals surface area contributed by atoms with Gasteiger partial charge in [-0.25, -0.2) is 0 Å². The predicted molar refractivity (Wildman–Crippen MR) is 79.8 cm³/mol. The van der Waals surface area contributed by atoms with Crippen LogP contribution in [-0.4, -0.2) is 11.2 Å². The van der Waals surface area contributed by atoms with Gasteiger partial charge in [-0.1, -0.05) is 35.0 Å². The number of aryl methyl sites for hydroxylation is 3. The standard InChI is InChI=1S/C17H22N2O/c1-11-5-4-6-14(7-11)15-8-16(9-15)18-10-17-12(2)19-20-13(17)3/h4-7,15-16,18H,8-10H2,1-3H3. The smallest absolute Gasteiger partial charge is 0.138 e. The summed E-state index contributed by atoms with van der Waals surface area (Å²) < 4.78 is 5.19. The van der Waals surface area contributed by atoms with Crippen LogP contribution in [0.1, 0.15) is 46.9 Å². The number of aromatic nitrogens is 1. The maximum absolute atomic E-state index is 5.19. The van der Waals surface area contributed by atoms with Gasteiger partial charge < -0.3 is 9.84 Å². The Morgan fingerprint density at radius 1 is 1.25 bits per heavy atom. The summed E-state index contributed by atoms with van der Waals surface area (Å²) in [6.45, 7) is 7.01. The number of nitrogens with one attached hydrogen (secondary N) is 1. The minimum Gasteiger partial charge on any atom is -0.361 e. The van der Waals surface area contributed by atoms with E-state index in [1.165, 1.54) is 29.5 Å². The van der Waals surface area contributed by atoms with Crippen molar-refractivity contribution in [3.63, 3.8) is 0 Å². The number of hydrogen-bond acceptors (Lipinski definition) is 3. The van der Waals surface area contributed by atoms with Gasteiger partial charge in [-0.15, -0.1) is 0 Å². The van der Waals surface area contributed by atoms with E-state index in [1.807, 2.05) is 13.8 Å². The first-order chi connectivity index (χ1) is 9.63. The Bertz CT molecular complexity index is 577. The van der Waals surface area contributed by atoms with E-state index in [4.69, 9.17) is 4.52 Å². The van der Waals surface area contributed by atoms with Crippen LogP contribution in [0.25, 0.3) is 0 Å². The fraction of sp³-hybridized carbons (Fsp3) is 0.471. The molecule has 0 radical (unpaired) electrons. The van der Waals surface area contributed by atoms with Crippen LogP contribution >= 0.6 is 0 Å². The summed E-state index contributed by atoms with van der Waals surface area (Å²) in [7, 11) is 0.